The van der Waals surface area contributed by atoms with E-state index in [9.17, 15) is 9.59 Å². The van der Waals surface area contributed by atoms with Crippen molar-refractivity contribution < 1.29 is 23.5 Å². The molecule has 1 aromatic carbocycles. The van der Waals surface area contributed by atoms with E-state index in [2.05, 4.69) is 4.98 Å². The standard InChI is InChI=1S/C24H19NO5S/c1-15(26)22-18(20-5-3-11-29-20)13-19(21-6-4-12-31-21)25-23(22)30-14-16-7-9-17(10-8-16)24(27)28-2/h3-13H,14H2,1-2H3. The zero-order valence-corrected chi connectivity index (χ0v) is 17.8. The van der Waals surface area contributed by atoms with Gasteiger partial charge in [0.2, 0.25) is 5.88 Å². The average Bonchev–Trinajstić information content (AvgIpc) is 3.51. The number of furan rings is 1. The number of Topliss-reactive ketones (excluding diaryl/α,β-unsaturated/α-hetero) is 1. The molecule has 31 heavy (non-hydrogen) atoms. The van der Waals surface area contributed by atoms with Crippen molar-refractivity contribution >= 4 is 23.1 Å². The number of benzene rings is 1. The third-order valence-electron chi connectivity index (χ3n) is 4.65. The molecule has 0 saturated heterocycles. The smallest absolute Gasteiger partial charge is 0.337 e. The van der Waals surface area contributed by atoms with Crippen LogP contribution < -0.4 is 4.74 Å². The van der Waals surface area contributed by atoms with Crippen LogP contribution in [0.3, 0.4) is 0 Å². The van der Waals surface area contributed by atoms with Crippen molar-refractivity contribution in [2.45, 2.75) is 13.5 Å². The molecule has 0 atom stereocenters. The van der Waals surface area contributed by atoms with E-state index in [-0.39, 0.29) is 18.3 Å². The highest BCUT2D eigenvalue weighted by atomic mass is 32.1. The van der Waals surface area contributed by atoms with Crippen molar-refractivity contribution in [3.63, 3.8) is 0 Å². The minimum atomic E-state index is -0.403. The number of esters is 1. The van der Waals surface area contributed by atoms with Crippen LogP contribution in [0.25, 0.3) is 21.9 Å². The van der Waals surface area contributed by atoms with E-state index in [0.29, 0.717) is 28.1 Å². The summed E-state index contributed by atoms with van der Waals surface area (Å²) in [4.78, 5) is 29.7. The van der Waals surface area contributed by atoms with E-state index in [1.807, 2.05) is 23.6 Å². The molecular formula is C24H19NO5S. The maximum atomic E-state index is 12.5. The second kappa shape index (κ2) is 8.97. The Morgan fingerprint density at radius 3 is 2.52 bits per heavy atom. The number of hydrogen-bond donors (Lipinski definition) is 0. The summed E-state index contributed by atoms with van der Waals surface area (Å²) >= 11 is 1.55. The number of ketones is 1. The van der Waals surface area contributed by atoms with Gasteiger partial charge in [0.1, 0.15) is 12.4 Å². The molecule has 0 N–H and O–H groups in total. The van der Waals surface area contributed by atoms with Crippen molar-refractivity contribution in [3.8, 4) is 27.8 Å². The minimum Gasteiger partial charge on any atom is -0.472 e. The van der Waals surface area contributed by atoms with Gasteiger partial charge in [-0.05, 0) is 54.3 Å². The first kappa shape index (κ1) is 20.6. The normalized spacial score (nSPS) is 10.6. The average molecular weight is 433 g/mol. The van der Waals surface area contributed by atoms with E-state index in [0.717, 1.165) is 10.4 Å². The molecule has 4 rings (SSSR count). The van der Waals surface area contributed by atoms with Gasteiger partial charge in [-0.2, -0.15) is 0 Å². The molecule has 0 amide bonds. The maximum absolute atomic E-state index is 12.5. The number of nitrogens with zero attached hydrogens (tertiary/aromatic N) is 1. The van der Waals surface area contributed by atoms with Crippen LogP contribution in [0.4, 0.5) is 0 Å². The fourth-order valence-corrected chi connectivity index (χ4v) is 3.84. The first-order chi connectivity index (χ1) is 15.1. The lowest BCUT2D eigenvalue weighted by Crippen LogP contribution is -2.07. The Bertz CT molecular complexity index is 1200. The molecule has 0 unspecified atom stereocenters. The molecule has 0 aliphatic rings. The topological polar surface area (TPSA) is 78.6 Å². The van der Waals surface area contributed by atoms with Crippen molar-refractivity contribution in [2.75, 3.05) is 7.11 Å². The lowest BCUT2D eigenvalue weighted by atomic mass is 10.0. The van der Waals surface area contributed by atoms with Gasteiger partial charge < -0.3 is 13.9 Å². The Kier molecular flexibility index (Phi) is 5.95. The monoisotopic (exact) mass is 433 g/mol. The molecule has 0 bridgehead atoms. The minimum absolute atomic E-state index is 0.173. The molecule has 0 aliphatic heterocycles. The first-order valence-electron chi connectivity index (χ1n) is 9.50. The van der Waals surface area contributed by atoms with Gasteiger partial charge in [0.05, 0.1) is 35.1 Å². The second-order valence-corrected chi connectivity index (χ2v) is 7.67. The third-order valence-corrected chi connectivity index (χ3v) is 5.54. The van der Waals surface area contributed by atoms with Gasteiger partial charge in [-0.25, -0.2) is 9.78 Å². The van der Waals surface area contributed by atoms with Crippen LogP contribution in [0.2, 0.25) is 0 Å². The molecule has 0 radical (unpaired) electrons. The summed E-state index contributed by atoms with van der Waals surface area (Å²) in [5.74, 6) is 0.229. The van der Waals surface area contributed by atoms with E-state index >= 15 is 0 Å². The number of carbonyl (C=O) groups excluding carboxylic acids is 2. The van der Waals surface area contributed by atoms with Gasteiger partial charge in [-0.1, -0.05) is 18.2 Å². The van der Waals surface area contributed by atoms with Crippen LogP contribution in [0.1, 0.15) is 33.2 Å². The molecule has 0 saturated carbocycles. The molecule has 3 aromatic heterocycles. The quantitative estimate of drug-likeness (QED) is 0.277. The second-order valence-electron chi connectivity index (χ2n) is 6.72. The molecule has 0 fully saturated rings. The third kappa shape index (κ3) is 4.41. The fraction of sp³-hybridized carbons (Fsp3) is 0.125. The van der Waals surface area contributed by atoms with E-state index in [1.165, 1.54) is 14.0 Å². The van der Waals surface area contributed by atoms with E-state index in [4.69, 9.17) is 13.9 Å². The molecule has 7 heteroatoms. The Morgan fingerprint density at radius 2 is 1.90 bits per heavy atom. The fourth-order valence-electron chi connectivity index (χ4n) is 3.15. The number of pyridine rings is 1. The summed E-state index contributed by atoms with van der Waals surface area (Å²) in [7, 11) is 1.34. The van der Waals surface area contributed by atoms with E-state index < -0.39 is 5.97 Å². The largest absolute Gasteiger partial charge is 0.472 e. The van der Waals surface area contributed by atoms with Gasteiger partial charge in [-0.3, -0.25) is 4.79 Å². The Labute approximate surface area is 183 Å². The van der Waals surface area contributed by atoms with Crippen LogP contribution in [0.15, 0.2) is 70.7 Å². The SMILES string of the molecule is COC(=O)c1ccc(COc2nc(-c3cccs3)cc(-c3ccco3)c2C(C)=O)cc1. The van der Waals surface area contributed by atoms with Crippen molar-refractivity contribution in [1.29, 1.82) is 0 Å². The number of hydrogen-bond acceptors (Lipinski definition) is 7. The highest BCUT2D eigenvalue weighted by Crippen LogP contribution is 2.36. The molecule has 156 valence electrons. The lowest BCUT2D eigenvalue weighted by Gasteiger charge is -2.14. The van der Waals surface area contributed by atoms with Gasteiger partial charge in [0.25, 0.3) is 0 Å². The lowest BCUT2D eigenvalue weighted by molar-refractivity contribution is 0.0600. The zero-order chi connectivity index (χ0) is 21.8. The molecule has 0 aliphatic carbocycles. The van der Waals surface area contributed by atoms with Gasteiger partial charge in [0, 0.05) is 5.56 Å². The van der Waals surface area contributed by atoms with Gasteiger partial charge in [-0.15, -0.1) is 11.3 Å². The number of methoxy groups -OCH3 is 1. The summed E-state index contributed by atoms with van der Waals surface area (Å²) in [6.07, 6.45) is 1.56. The van der Waals surface area contributed by atoms with Crippen LogP contribution in [0, 0.1) is 0 Å². The number of ether oxygens (including phenoxy) is 2. The highest BCUT2D eigenvalue weighted by Gasteiger charge is 2.22. The Hall–Kier alpha value is -3.71. The van der Waals surface area contributed by atoms with Gasteiger partial charge in [0.15, 0.2) is 5.78 Å². The molecule has 3 heterocycles. The van der Waals surface area contributed by atoms with Crippen LogP contribution in [0.5, 0.6) is 5.88 Å². The molecular weight excluding hydrogens is 414 g/mol. The number of thiophene rings is 1. The maximum Gasteiger partial charge on any atom is 0.337 e. The number of aromatic nitrogens is 1. The van der Waals surface area contributed by atoms with Crippen molar-refractivity contribution in [3.05, 3.63) is 82.9 Å². The number of carbonyl (C=O) groups is 2. The summed E-state index contributed by atoms with van der Waals surface area (Å²) in [6.45, 7) is 1.66. The molecule has 6 nitrogen and oxygen atoms in total. The van der Waals surface area contributed by atoms with Crippen LogP contribution >= 0.6 is 11.3 Å². The Morgan fingerprint density at radius 1 is 1.10 bits per heavy atom. The zero-order valence-electron chi connectivity index (χ0n) is 17.0. The van der Waals surface area contributed by atoms with Crippen molar-refractivity contribution in [2.24, 2.45) is 0 Å². The number of rotatable bonds is 7. The Balaban J connectivity index is 1.71. The van der Waals surface area contributed by atoms with E-state index in [1.54, 1.807) is 54.0 Å². The summed E-state index contributed by atoms with van der Waals surface area (Å²) in [5, 5.41) is 1.96. The molecule has 0 spiro atoms. The summed E-state index contributed by atoms with van der Waals surface area (Å²) in [5.41, 5.74) is 2.97. The predicted octanol–water partition coefficient (Wildman–Crippen LogP) is 5.64. The predicted molar refractivity (Wildman–Crippen MR) is 117 cm³/mol. The van der Waals surface area contributed by atoms with Crippen LogP contribution in [-0.4, -0.2) is 23.8 Å². The van der Waals surface area contributed by atoms with Crippen LogP contribution in [-0.2, 0) is 11.3 Å². The molecule has 4 aromatic rings. The summed E-state index contributed by atoms with van der Waals surface area (Å²) in [6, 6.07) is 16.2. The first-order valence-corrected chi connectivity index (χ1v) is 10.4. The van der Waals surface area contributed by atoms with Gasteiger partial charge >= 0.3 is 5.97 Å². The highest BCUT2D eigenvalue weighted by molar-refractivity contribution is 7.13. The summed E-state index contributed by atoms with van der Waals surface area (Å²) < 4.78 is 16.3. The van der Waals surface area contributed by atoms with Crippen molar-refractivity contribution in [1.82, 2.24) is 4.98 Å².